The van der Waals surface area contributed by atoms with E-state index in [0.29, 0.717) is 36.0 Å². The lowest BCUT2D eigenvalue weighted by Gasteiger charge is -2.28. The van der Waals surface area contributed by atoms with Gasteiger partial charge in [0, 0.05) is 41.6 Å². The molecule has 2 bridgehead atoms. The second-order valence-corrected chi connectivity index (χ2v) is 13.1. The first-order valence-corrected chi connectivity index (χ1v) is 16.5. The summed E-state index contributed by atoms with van der Waals surface area (Å²) in [6, 6.07) is 0. The number of nitrogens with one attached hydrogen (secondary N) is 1. The number of carbonyl (C=O) groups is 4. The fraction of sp³-hybridized carbons (Fsp3) is 0.622. The van der Waals surface area contributed by atoms with Crippen LogP contribution in [0.2, 0.25) is 0 Å². The third-order valence-corrected chi connectivity index (χ3v) is 8.80. The molecule has 6 atom stereocenters. The van der Waals surface area contributed by atoms with Crippen LogP contribution in [0.1, 0.15) is 113 Å². The molecule has 0 aromatic rings. The monoisotopic (exact) mass is 609 g/mol. The summed E-state index contributed by atoms with van der Waals surface area (Å²) in [6.07, 6.45) is 15.3. The molecule has 1 aliphatic carbocycles. The number of hydrogen-bond acceptors (Lipinski definition) is 6. The van der Waals surface area contributed by atoms with Crippen LogP contribution in [-0.4, -0.2) is 40.8 Å². The number of allylic oxidation sites excluding steroid dienone is 5. The van der Waals surface area contributed by atoms with Gasteiger partial charge in [0.05, 0.1) is 11.8 Å². The van der Waals surface area contributed by atoms with Gasteiger partial charge in [0.1, 0.15) is 6.10 Å². The van der Waals surface area contributed by atoms with Crippen molar-refractivity contribution < 1.29 is 29.0 Å². The van der Waals surface area contributed by atoms with Crippen LogP contribution in [0.5, 0.6) is 0 Å². The minimum absolute atomic E-state index is 0.00774. The molecular formula is C37H55NO6. The first-order valence-electron chi connectivity index (χ1n) is 16.5. The molecule has 2 aliphatic rings. The number of aliphatic hydroxyl groups excluding tert-OH is 1. The van der Waals surface area contributed by atoms with E-state index in [-0.39, 0.29) is 40.9 Å². The number of rotatable bonds is 8. The number of ketones is 2. The number of aliphatic hydroxyl groups is 1. The maximum absolute atomic E-state index is 13.8. The Morgan fingerprint density at radius 3 is 2.32 bits per heavy atom. The van der Waals surface area contributed by atoms with Gasteiger partial charge in [-0.3, -0.25) is 19.2 Å². The smallest absolute Gasteiger partial charge is 0.303 e. The molecule has 0 spiro atoms. The van der Waals surface area contributed by atoms with E-state index in [0.717, 1.165) is 24.8 Å². The van der Waals surface area contributed by atoms with Gasteiger partial charge in [-0.05, 0) is 56.9 Å². The lowest BCUT2D eigenvalue weighted by molar-refractivity contribution is -0.146. The largest absolute Gasteiger partial charge is 0.457 e. The summed E-state index contributed by atoms with van der Waals surface area (Å²) in [6.45, 7) is 15.0. The van der Waals surface area contributed by atoms with Gasteiger partial charge in [0.15, 0.2) is 5.78 Å². The summed E-state index contributed by atoms with van der Waals surface area (Å²) in [5.41, 5.74) is 2.26. The van der Waals surface area contributed by atoms with E-state index < -0.39 is 24.1 Å². The molecule has 0 radical (unpaired) electrons. The van der Waals surface area contributed by atoms with Gasteiger partial charge in [0.25, 0.3) is 5.91 Å². The molecule has 0 saturated carbocycles. The predicted molar refractivity (Wildman–Crippen MR) is 175 cm³/mol. The minimum atomic E-state index is -0.654. The minimum Gasteiger partial charge on any atom is -0.457 e. The summed E-state index contributed by atoms with van der Waals surface area (Å²) in [4.78, 5) is 52.1. The second kappa shape index (κ2) is 18.0. The number of hydrogen-bond donors (Lipinski definition) is 2. The van der Waals surface area contributed by atoms with E-state index >= 15 is 0 Å². The van der Waals surface area contributed by atoms with Gasteiger partial charge < -0.3 is 15.2 Å². The molecule has 0 unspecified atom stereocenters. The molecule has 0 aromatic carbocycles. The Hall–Kier alpha value is -3.06. The normalized spacial score (nSPS) is 30.9. The van der Waals surface area contributed by atoms with Crippen molar-refractivity contribution in [2.45, 2.75) is 125 Å². The molecule has 1 aliphatic heterocycles. The summed E-state index contributed by atoms with van der Waals surface area (Å²) >= 11 is 0. The quantitative estimate of drug-likeness (QED) is 0.130. The van der Waals surface area contributed by atoms with Crippen LogP contribution in [0, 0.1) is 23.7 Å². The zero-order valence-electron chi connectivity index (χ0n) is 28.2. The molecule has 2 N–H and O–H groups in total. The summed E-state index contributed by atoms with van der Waals surface area (Å²) in [7, 11) is 0. The van der Waals surface area contributed by atoms with E-state index in [1.807, 2.05) is 46.8 Å². The van der Waals surface area contributed by atoms with Crippen molar-refractivity contribution in [2.75, 3.05) is 0 Å². The molecule has 7 heteroatoms. The van der Waals surface area contributed by atoms with E-state index in [2.05, 4.69) is 12.2 Å². The fourth-order valence-electron chi connectivity index (χ4n) is 6.30. The lowest BCUT2D eigenvalue weighted by atomic mass is 9.80. The van der Waals surface area contributed by atoms with Crippen molar-refractivity contribution in [3.63, 3.8) is 0 Å². The van der Waals surface area contributed by atoms with Crippen molar-refractivity contribution in [1.82, 2.24) is 5.32 Å². The van der Waals surface area contributed by atoms with Crippen LogP contribution in [-0.2, 0) is 23.9 Å². The van der Waals surface area contributed by atoms with Crippen molar-refractivity contribution in [3.05, 3.63) is 58.4 Å². The molecule has 1 heterocycles. The third kappa shape index (κ3) is 11.1. The number of amides is 1. The summed E-state index contributed by atoms with van der Waals surface area (Å²) in [5, 5.41) is 14.0. The number of Topliss-reactive ketones (excluding diaryl/α,β-unsaturated/α-hetero) is 1. The Kier molecular flexibility index (Phi) is 15.2. The fourth-order valence-corrected chi connectivity index (χ4v) is 6.30. The molecule has 7 nitrogen and oxygen atoms in total. The van der Waals surface area contributed by atoms with Crippen LogP contribution >= 0.6 is 0 Å². The second-order valence-electron chi connectivity index (χ2n) is 13.1. The van der Waals surface area contributed by atoms with Gasteiger partial charge in [0.2, 0.25) is 5.78 Å². The maximum atomic E-state index is 13.8. The highest BCUT2D eigenvalue weighted by Gasteiger charge is 2.32. The maximum Gasteiger partial charge on any atom is 0.303 e. The van der Waals surface area contributed by atoms with Gasteiger partial charge in [-0.25, -0.2) is 0 Å². The van der Waals surface area contributed by atoms with Crippen LogP contribution in [0.15, 0.2) is 58.4 Å². The first-order chi connectivity index (χ1) is 20.8. The Bertz CT molecular complexity index is 1200. The van der Waals surface area contributed by atoms with Crippen LogP contribution < -0.4 is 5.32 Å². The molecule has 0 aromatic heterocycles. The lowest BCUT2D eigenvalue weighted by Crippen LogP contribution is -2.33. The van der Waals surface area contributed by atoms with Crippen LogP contribution in [0.25, 0.3) is 0 Å². The highest BCUT2D eigenvalue weighted by atomic mass is 16.5. The van der Waals surface area contributed by atoms with Crippen molar-refractivity contribution in [3.8, 4) is 0 Å². The third-order valence-electron chi connectivity index (χ3n) is 8.80. The highest BCUT2D eigenvalue weighted by molar-refractivity contribution is 6.23. The topological polar surface area (TPSA) is 110 Å². The summed E-state index contributed by atoms with van der Waals surface area (Å²) in [5.74, 6) is -1.85. The SMILES string of the molecule is CCCCCCCCC1=C2C[C@@H](C)C[C@H](C)[C@H](O)[C@@H](C)/C=C(\C)[C@H](OC(C)=O)[C@@H](C)/C=C\C=C(/C)C(=O)NC(=CC1=O)C2=O. The number of fused-ring (bicyclic) bond motifs is 2. The molecule has 2 rings (SSSR count). The molecular weight excluding hydrogens is 554 g/mol. The molecule has 0 saturated heterocycles. The molecule has 0 fully saturated rings. The zero-order chi connectivity index (χ0) is 33.0. The van der Waals surface area contributed by atoms with Gasteiger partial charge in [-0.1, -0.05) is 91.0 Å². The molecule has 44 heavy (non-hydrogen) atoms. The van der Waals surface area contributed by atoms with Gasteiger partial charge >= 0.3 is 5.97 Å². The van der Waals surface area contributed by atoms with E-state index in [4.69, 9.17) is 4.74 Å². The van der Waals surface area contributed by atoms with E-state index in [1.165, 1.54) is 32.3 Å². The van der Waals surface area contributed by atoms with E-state index in [1.54, 1.807) is 19.1 Å². The van der Waals surface area contributed by atoms with E-state index in [9.17, 15) is 24.3 Å². The van der Waals surface area contributed by atoms with Crippen LogP contribution in [0.3, 0.4) is 0 Å². The van der Waals surface area contributed by atoms with Gasteiger partial charge in [-0.2, -0.15) is 0 Å². The van der Waals surface area contributed by atoms with Crippen molar-refractivity contribution in [2.24, 2.45) is 23.7 Å². The summed E-state index contributed by atoms with van der Waals surface area (Å²) < 4.78 is 5.66. The average molecular weight is 610 g/mol. The average Bonchev–Trinajstić information content (AvgIpc) is 2.95. The molecule has 244 valence electrons. The molecule has 1 amide bonds. The van der Waals surface area contributed by atoms with Crippen molar-refractivity contribution >= 4 is 23.4 Å². The van der Waals surface area contributed by atoms with Crippen LogP contribution in [0.4, 0.5) is 0 Å². The Labute approximate surface area is 265 Å². The standard InChI is InChI=1S/C37H55NO6/c1-9-10-11-12-13-14-18-30-31-20-23(2)19-26(5)34(41)27(6)21-28(7)36(44-29(8)39)24(3)16-15-17-25(4)37(43)38-32(35(31)42)22-33(30)40/h15-17,21-24,26-27,34,36,41H,9-14,18-20H2,1-8H3,(H,38,43)/b16-15-,25-17+,28-21+/t23-,24-,26-,27-,34-,36+/m0/s1. The van der Waals surface area contributed by atoms with Gasteiger partial charge in [-0.15, -0.1) is 0 Å². The number of carbonyl (C=O) groups excluding carboxylic acids is 4. The number of esters is 1. The number of unbranched alkanes of at least 4 members (excludes halogenated alkanes) is 5. The predicted octanol–water partition coefficient (Wildman–Crippen LogP) is 7.27. The Morgan fingerprint density at radius 2 is 1.66 bits per heavy atom. The zero-order valence-corrected chi connectivity index (χ0v) is 28.2. The Balaban J connectivity index is 2.47. The first kappa shape index (κ1) is 37.1. The van der Waals surface area contributed by atoms with Crippen molar-refractivity contribution in [1.29, 1.82) is 0 Å². The highest BCUT2D eigenvalue weighted by Crippen LogP contribution is 2.32. The Morgan fingerprint density at radius 1 is 1.00 bits per heavy atom. The number of ether oxygens (including phenoxy) is 1.